The molecule has 1 heterocycles. The maximum Gasteiger partial charge on any atom is 0.153 e. The smallest absolute Gasteiger partial charge is 0.153 e. The first kappa shape index (κ1) is 13.6. The summed E-state index contributed by atoms with van der Waals surface area (Å²) in [5, 5.41) is 0.469. The zero-order chi connectivity index (χ0) is 13.8. The molecular weight excluding hydrogens is 260 g/mol. The first-order valence-corrected chi connectivity index (χ1v) is 6.37. The van der Waals surface area contributed by atoms with Gasteiger partial charge in [0.15, 0.2) is 6.29 Å². The number of anilines is 1. The number of hydrogen-bond donors (Lipinski definition) is 0. The highest BCUT2D eigenvalue weighted by Gasteiger charge is 2.11. The van der Waals surface area contributed by atoms with Crippen molar-refractivity contribution in [1.29, 1.82) is 0 Å². The average Bonchev–Trinajstić information content (AvgIpc) is 2.38. The van der Waals surface area contributed by atoms with E-state index in [1.54, 1.807) is 6.07 Å². The van der Waals surface area contributed by atoms with Gasteiger partial charge in [-0.1, -0.05) is 23.7 Å². The monoisotopic (exact) mass is 274 g/mol. The predicted molar refractivity (Wildman–Crippen MR) is 77.9 cm³/mol. The zero-order valence-corrected chi connectivity index (χ0v) is 11.7. The number of aryl methyl sites for hydroxylation is 1. The quantitative estimate of drug-likeness (QED) is 0.800. The summed E-state index contributed by atoms with van der Waals surface area (Å²) < 4.78 is 0. The molecule has 0 aliphatic rings. The Labute approximate surface area is 117 Å². The number of halogens is 1. The van der Waals surface area contributed by atoms with Crippen molar-refractivity contribution in [3.8, 4) is 0 Å². The van der Waals surface area contributed by atoms with Gasteiger partial charge in [-0.2, -0.15) is 0 Å². The molecule has 2 rings (SSSR count). The van der Waals surface area contributed by atoms with Crippen LogP contribution in [-0.4, -0.2) is 18.3 Å². The molecule has 3 nitrogen and oxygen atoms in total. The van der Waals surface area contributed by atoms with Gasteiger partial charge in [0.05, 0.1) is 22.8 Å². The molecule has 2 aromatic rings. The number of pyridine rings is 1. The van der Waals surface area contributed by atoms with Crippen molar-refractivity contribution in [2.45, 2.75) is 13.5 Å². The predicted octanol–water partition coefficient (Wildman–Crippen LogP) is 3.49. The summed E-state index contributed by atoms with van der Waals surface area (Å²) in [7, 11) is 1.92. The topological polar surface area (TPSA) is 33.2 Å². The molecular formula is C15H15ClN2O. The Kier molecular flexibility index (Phi) is 4.17. The van der Waals surface area contributed by atoms with Gasteiger partial charge in [-0.15, -0.1) is 0 Å². The maximum atomic E-state index is 11.1. The summed E-state index contributed by atoms with van der Waals surface area (Å²) in [5.74, 6) is 0. The maximum absolute atomic E-state index is 11.1. The molecule has 1 aromatic heterocycles. The Morgan fingerprint density at radius 3 is 2.68 bits per heavy atom. The minimum atomic E-state index is 0.469. The van der Waals surface area contributed by atoms with Gasteiger partial charge in [0.2, 0.25) is 0 Å². The highest BCUT2D eigenvalue weighted by Crippen LogP contribution is 2.25. The Hall–Kier alpha value is -1.87. The SMILES string of the molecule is Cc1cccc(CN(C)c2cccc(Cl)c2C=O)n1. The molecule has 0 saturated heterocycles. The second-order valence-corrected chi connectivity index (χ2v) is 4.82. The van der Waals surface area contributed by atoms with Crippen LogP contribution in [0.5, 0.6) is 0 Å². The summed E-state index contributed by atoms with van der Waals surface area (Å²) in [4.78, 5) is 17.6. The lowest BCUT2D eigenvalue weighted by atomic mass is 10.1. The van der Waals surface area contributed by atoms with E-state index in [-0.39, 0.29) is 0 Å². The zero-order valence-electron chi connectivity index (χ0n) is 10.9. The largest absolute Gasteiger partial charge is 0.368 e. The average molecular weight is 275 g/mol. The first-order chi connectivity index (χ1) is 9.11. The summed E-state index contributed by atoms with van der Waals surface area (Å²) in [6, 6.07) is 11.3. The third kappa shape index (κ3) is 3.12. The van der Waals surface area contributed by atoms with Crippen LogP contribution in [0.4, 0.5) is 5.69 Å². The molecule has 19 heavy (non-hydrogen) atoms. The molecule has 0 radical (unpaired) electrons. The lowest BCUT2D eigenvalue weighted by Crippen LogP contribution is -2.19. The molecule has 0 spiro atoms. The standard InChI is InChI=1S/C15H15ClN2O/c1-11-5-3-6-12(17-11)9-18(2)15-8-4-7-14(16)13(15)10-19/h3-8,10H,9H2,1-2H3. The van der Waals surface area contributed by atoms with Gasteiger partial charge in [0, 0.05) is 18.4 Å². The third-order valence-corrected chi connectivity index (χ3v) is 3.23. The van der Waals surface area contributed by atoms with E-state index in [1.165, 1.54) is 0 Å². The molecule has 0 amide bonds. The lowest BCUT2D eigenvalue weighted by molar-refractivity contribution is 0.112. The minimum Gasteiger partial charge on any atom is -0.368 e. The van der Waals surface area contributed by atoms with Crippen molar-refractivity contribution >= 4 is 23.6 Å². The summed E-state index contributed by atoms with van der Waals surface area (Å²) >= 11 is 6.03. The van der Waals surface area contributed by atoms with Crippen LogP contribution in [0.15, 0.2) is 36.4 Å². The minimum absolute atomic E-state index is 0.469. The van der Waals surface area contributed by atoms with E-state index >= 15 is 0 Å². The van der Waals surface area contributed by atoms with E-state index in [1.807, 2.05) is 49.2 Å². The molecule has 4 heteroatoms. The van der Waals surface area contributed by atoms with Crippen molar-refractivity contribution in [3.63, 3.8) is 0 Å². The summed E-state index contributed by atoms with van der Waals surface area (Å²) in [5.41, 5.74) is 3.26. The molecule has 0 aliphatic heterocycles. The van der Waals surface area contributed by atoms with Crippen LogP contribution in [0.3, 0.4) is 0 Å². The molecule has 0 N–H and O–H groups in total. The number of aromatic nitrogens is 1. The number of nitrogens with zero attached hydrogens (tertiary/aromatic N) is 2. The van der Waals surface area contributed by atoms with Crippen LogP contribution in [0.2, 0.25) is 5.02 Å². The molecule has 0 saturated carbocycles. The van der Waals surface area contributed by atoms with Crippen molar-refractivity contribution in [2.24, 2.45) is 0 Å². The van der Waals surface area contributed by atoms with Crippen LogP contribution in [-0.2, 0) is 6.54 Å². The highest BCUT2D eigenvalue weighted by atomic mass is 35.5. The number of carbonyl (C=O) groups is 1. The third-order valence-electron chi connectivity index (χ3n) is 2.90. The fourth-order valence-corrected chi connectivity index (χ4v) is 2.20. The molecule has 0 atom stereocenters. The Morgan fingerprint density at radius 1 is 1.26 bits per heavy atom. The number of hydrogen-bond acceptors (Lipinski definition) is 3. The molecule has 0 aliphatic carbocycles. The van der Waals surface area contributed by atoms with E-state index in [0.717, 1.165) is 23.4 Å². The second kappa shape index (κ2) is 5.85. The van der Waals surface area contributed by atoms with E-state index in [9.17, 15) is 4.79 Å². The lowest BCUT2D eigenvalue weighted by Gasteiger charge is -2.21. The van der Waals surface area contributed by atoms with E-state index < -0.39 is 0 Å². The van der Waals surface area contributed by atoms with Crippen LogP contribution in [0.25, 0.3) is 0 Å². The molecule has 0 fully saturated rings. The fourth-order valence-electron chi connectivity index (χ4n) is 1.99. The first-order valence-electron chi connectivity index (χ1n) is 5.99. The number of benzene rings is 1. The molecule has 0 bridgehead atoms. The highest BCUT2D eigenvalue weighted by molar-refractivity contribution is 6.33. The molecule has 1 aromatic carbocycles. The van der Waals surface area contributed by atoms with Gasteiger partial charge in [-0.25, -0.2) is 0 Å². The van der Waals surface area contributed by atoms with Crippen molar-refractivity contribution < 1.29 is 4.79 Å². The normalized spacial score (nSPS) is 10.3. The molecule has 98 valence electrons. The Morgan fingerprint density at radius 2 is 2.00 bits per heavy atom. The van der Waals surface area contributed by atoms with E-state index in [0.29, 0.717) is 17.1 Å². The van der Waals surface area contributed by atoms with Crippen LogP contribution < -0.4 is 4.90 Å². The van der Waals surface area contributed by atoms with E-state index in [2.05, 4.69) is 4.98 Å². The van der Waals surface area contributed by atoms with Crippen LogP contribution in [0.1, 0.15) is 21.7 Å². The van der Waals surface area contributed by atoms with Gasteiger partial charge in [0.1, 0.15) is 0 Å². The van der Waals surface area contributed by atoms with Gasteiger partial charge >= 0.3 is 0 Å². The van der Waals surface area contributed by atoms with Crippen LogP contribution in [0, 0.1) is 6.92 Å². The van der Waals surface area contributed by atoms with Crippen molar-refractivity contribution in [3.05, 3.63) is 58.4 Å². The Balaban J connectivity index is 2.27. The molecule has 0 unspecified atom stereocenters. The van der Waals surface area contributed by atoms with Gasteiger partial charge in [-0.3, -0.25) is 9.78 Å². The Bertz CT molecular complexity index is 598. The number of rotatable bonds is 4. The van der Waals surface area contributed by atoms with Gasteiger partial charge < -0.3 is 4.90 Å². The number of aldehydes is 1. The summed E-state index contributed by atoms with van der Waals surface area (Å²) in [6.45, 7) is 2.59. The van der Waals surface area contributed by atoms with Gasteiger partial charge in [-0.05, 0) is 31.2 Å². The van der Waals surface area contributed by atoms with Crippen molar-refractivity contribution in [2.75, 3.05) is 11.9 Å². The summed E-state index contributed by atoms with van der Waals surface area (Å²) in [6.07, 6.45) is 0.790. The van der Waals surface area contributed by atoms with Crippen molar-refractivity contribution in [1.82, 2.24) is 4.98 Å². The number of carbonyl (C=O) groups excluding carboxylic acids is 1. The second-order valence-electron chi connectivity index (χ2n) is 4.42. The van der Waals surface area contributed by atoms with E-state index in [4.69, 9.17) is 11.6 Å². The fraction of sp³-hybridized carbons (Fsp3) is 0.200. The van der Waals surface area contributed by atoms with Gasteiger partial charge in [0.25, 0.3) is 0 Å². The van der Waals surface area contributed by atoms with Crippen LogP contribution >= 0.6 is 11.6 Å².